The van der Waals surface area contributed by atoms with Gasteiger partial charge in [0, 0.05) is 38.9 Å². The second kappa shape index (κ2) is 15.9. The van der Waals surface area contributed by atoms with E-state index in [2.05, 4.69) is 65.0 Å². The van der Waals surface area contributed by atoms with Gasteiger partial charge in [0.1, 0.15) is 12.4 Å². The molecular formula is C24H36IN3O3. The van der Waals surface area contributed by atoms with E-state index in [-0.39, 0.29) is 24.0 Å². The maximum Gasteiger partial charge on any atom is 0.191 e. The Morgan fingerprint density at radius 2 is 1.55 bits per heavy atom. The van der Waals surface area contributed by atoms with Gasteiger partial charge in [-0.05, 0) is 43.5 Å². The van der Waals surface area contributed by atoms with Crippen molar-refractivity contribution in [1.82, 2.24) is 10.6 Å². The summed E-state index contributed by atoms with van der Waals surface area (Å²) in [5.41, 5.74) is 4.62. The fourth-order valence-corrected chi connectivity index (χ4v) is 2.86. The van der Waals surface area contributed by atoms with Gasteiger partial charge in [-0.25, -0.2) is 0 Å². The molecule has 2 rings (SSSR count). The van der Waals surface area contributed by atoms with E-state index in [1.54, 1.807) is 7.05 Å². The Balaban J connectivity index is 0.00000480. The van der Waals surface area contributed by atoms with Crippen LogP contribution in [0.1, 0.15) is 36.1 Å². The number of nitrogens with one attached hydrogen (secondary N) is 2. The highest BCUT2D eigenvalue weighted by Gasteiger charge is 2.06. The number of aliphatic imine (C=N–C) groups is 1. The zero-order chi connectivity index (χ0) is 21.6. The summed E-state index contributed by atoms with van der Waals surface area (Å²) in [4.78, 5) is 4.32. The van der Waals surface area contributed by atoms with Crippen molar-refractivity contribution < 1.29 is 14.2 Å². The normalized spacial score (nSPS) is 11.0. The maximum atomic E-state index is 5.92. The minimum Gasteiger partial charge on any atom is -0.491 e. The van der Waals surface area contributed by atoms with Gasteiger partial charge in [-0.2, -0.15) is 0 Å². The molecule has 0 saturated heterocycles. The number of halogens is 1. The molecular weight excluding hydrogens is 505 g/mol. The van der Waals surface area contributed by atoms with Crippen LogP contribution in [0.25, 0.3) is 0 Å². The van der Waals surface area contributed by atoms with Gasteiger partial charge in [0.05, 0.1) is 13.2 Å². The van der Waals surface area contributed by atoms with Crippen LogP contribution in [0, 0.1) is 6.92 Å². The van der Waals surface area contributed by atoms with E-state index in [1.807, 2.05) is 13.8 Å². The van der Waals surface area contributed by atoms with Crippen LogP contribution in [0.15, 0.2) is 47.5 Å². The minimum absolute atomic E-state index is 0. The summed E-state index contributed by atoms with van der Waals surface area (Å²) in [6, 6.07) is 14.7. The molecule has 0 fully saturated rings. The zero-order valence-corrected chi connectivity index (χ0v) is 21.4. The van der Waals surface area contributed by atoms with Crippen LogP contribution in [0.5, 0.6) is 5.75 Å². The lowest BCUT2D eigenvalue weighted by Gasteiger charge is -2.16. The lowest BCUT2D eigenvalue weighted by molar-refractivity contribution is 0.110. The second-order valence-corrected chi connectivity index (χ2v) is 6.89. The first kappa shape index (κ1) is 27.2. The molecule has 0 aliphatic heterocycles. The number of aryl methyl sites for hydroxylation is 1. The Morgan fingerprint density at radius 1 is 0.871 bits per heavy atom. The third kappa shape index (κ3) is 10.3. The van der Waals surface area contributed by atoms with E-state index in [4.69, 9.17) is 14.2 Å². The van der Waals surface area contributed by atoms with Gasteiger partial charge in [-0.1, -0.05) is 36.4 Å². The highest BCUT2D eigenvalue weighted by atomic mass is 127. The van der Waals surface area contributed by atoms with Gasteiger partial charge in [-0.15, -0.1) is 24.0 Å². The van der Waals surface area contributed by atoms with Crippen molar-refractivity contribution in [3.05, 3.63) is 64.7 Å². The molecule has 0 atom stereocenters. The first-order valence-electron chi connectivity index (χ1n) is 10.6. The molecule has 2 N–H and O–H groups in total. The van der Waals surface area contributed by atoms with E-state index < -0.39 is 0 Å². The predicted molar refractivity (Wildman–Crippen MR) is 137 cm³/mol. The van der Waals surface area contributed by atoms with E-state index in [0.717, 1.165) is 23.9 Å². The van der Waals surface area contributed by atoms with Crippen LogP contribution in [-0.2, 0) is 29.2 Å². The Labute approximate surface area is 203 Å². The molecule has 2 aromatic carbocycles. The largest absolute Gasteiger partial charge is 0.491 e. The molecule has 0 radical (unpaired) electrons. The van der Waals surface area contributed by atoms with Crippen molar-refractivity contribution in [3.63, 3.8) is 0 Å². The topological polar surface area (TPSA) is 64.1 Å². The van der Waals surface area contributed by atoms with Crippen molar-refractivity contribution in [3.8, 4) is 5.75 Å². The lowest BCUT2D eigenvalue weighted by Crippen LogP contribution is -2.36. The van der Waals surface area contributed by atoms with Crippen molar-refractivity contribution in [1.29, 1.82) is 0 Å². The zero-order valence-electron chi connectivity index (χ0n) is 19.1. The molecule has 2 aromatic rings. The lowest BCUT2D eigenvalue weighted by atomic mass is 10.1. The Morgan fingerprint density at radius 3 is 2.23 bits per heavy atom. The molecule has 0 saturated carbocycles. The van der Waals surface area contributed by atoms with Gasteiger partial charge in [0.2, 0.25) is 0 Å². The average Bonchev–Trinajstić information content (AvgIpc) is 2.77. The van der Waals surface area contributed by atoms with Gasteiger partial charge < -0.3 is 24.8 Å². The highest BCUT2D eigenvalue weighted by molar-refractivity contribution is 14.0. The van der Waals surface area contributed by atoms with Gasteiger partial charge in [0.15, 0.2) is 5.96 Å². The van der Waals surface area contributed by atoms with Crippen LogP contribution in [0.4, 0.5) is 0 Å². The molecule has 0 spiro atoms. The molecule has 31 heavy (non-hydrogen) atoms. The number of hydrogen-bond acceptors (Lipinski definition) is 4. The molecule has 6 nitrogen and oxygen atoms in total. The number of hydrogen-bond donors (Lipinski definition) is 2. The van der Waals surface area contributed by atoms with Crippen LogP contribution < -0.4 is 15.4 Å². The molecule has 0 unspecified atom stereocenters. The monoisotopic (exact) mass is 541 g/mol. The number of nitrogens with zero attached hydrogens (tertiary/aromatic N) is 1. The van der Waals surface area contributed by atoms with E-state index in [1.165, 1.54) is 16.7 Å². The molecule has 0 aliphatic carbocycles. The molecule has 7 heteroatoms. The SMILES string of the molecule is CCOCCOc1cc(C)ccc1CNC(=NC)NCc1ccc(COCC)cc1.I. The summed E-state index contributed by atoms with van der Waals surface area (Å²) in [5, 5.41) is 6.72. The fraction of sp³-hybridized carbons (Fsp3) is 0.458. The van der Waals surface area contributed by atoms with Gasteiger partial charge >= 0.3 is 0 Å². The third-order valence-electron chi connectivity index (χ3n) is 4.54. The molecule has 0 heterocycles. The Kier molecular flexibility index (Phi) is 13.9. The van der Waals surface area contributed by atoms with Crippen LogP contribution >= 0.6 is 24.0 Å². The molecule has 0 aromatic heterocycles. The quantitative estimate of drug-likeness (QED) is 0.180. The minimum atomic E-state index is 0. The molecule has 0 bridgehead atoms. The first-order valence-corrected chi connectivity index (χ1v) is 10.6. The summed E-state index contributed by atoms with van der Waals surface area (Å²) in [6.45, 7) is 10.6. The smallest absolute Gasteiger partial charge is 0.191 e. The number of rotatable bonds is 12. The Bertz CT molecular complexity index is 782. The van der Waals surface area contributed by atoms with Gasteiger partial charge in [-0.3, -0.25) is 4.99 Å². The van der Waals surface area contributed by atoms with Gasteiger partial charge in [0.25, 0.3) is 0 Å². The summed E-state index contributed by atoms with van der Waals surface area (Å²) in [5.74, 6) is 1.62. The second-order valence-electron chi connectivity index (χ2n) is 6.89. The summed E-state index contributed by atoms with van der Waals surface area (Å²) < 4.78 is 16.7. The third-order valence-corrected chi connectivity index (χ3v) is 4.54. The number of ether oxygens (including phenoxy) is 3. The average molecular weight is 541 g/mol. The summed E-state index contributed by atoms with van der Waals surface area (Å²) in [7, 11) is 1.77. The van der Waals surface area contributed by atoms with Crippen molar-refractivity contribution in [2.24, 2.45) is 4.99 Å². The Hall–Kier alpha value is -1.84. The van der Waals surface area contributed by atoms with Crippen LogP contribution in [-0.4, -0.2) is 39.4 Å². The van der Waals surface area contributed by atoms with Crippen molar-refractivity contribution in [2.75, 3.05) is 33.5 Å². The van der Waals surface area contributed by atoms with E-state index in [0.29, 0.717) is 39.5 Å². The van der Waals surface area contributed by atoms with E-state index in [9.17, 15) is 0 Å². The van der Waals surface area contributed by atoms with Crippen LogP contribution in [0.3, 0.4) is 0 Å². The molecule has 0 aliphatic rings. The standard InChI is InChI=1S/C24H35N3O3.HI/c1-5-28-13-14-30-23-15-19(3)7-12-22(23)17-27-24(25-4)26-16-20-8-10-21(11-9-20)18-29-6-2;/h7-12,15H,5-6,13-14,16-18H2,1-4H3,(H2,25,26,27);1H. The van der Waals surface area contributed by atoms with E-state index >= 15 is 0 Å². The first-order chi connectivity index (χ1) is 14.7. The highest BCUT2D eigenvalue weighted by Crippen LogP contribution is 2.20. The summed E-state index contributed by atoms with van der Waals surface area (Å²) >= 11 is 0. The van der Waals surface area contributed by atoms with Crippen molar-refractivity contribution in [2.45, 2.75) is 40.5 Å². The number of benzene rings is 2. The van der Waals surface area contributed by atoms with Crippen LogP contribution in [0.2, 0.25) is 0 Å². The maximum absolute atomic E-state index is 5.92. The van der Waals surface area contributed by atoms with Crippen molar-refractivity contribution >= 4 is 29.9 Å². The molecule has 0 amide bonds. The molecule has 172 valence electrons. The predicted octanol–water partition coefficient (Wildman–Crippen LogP) is 4.43. The fourth-order valence-electron chi connectivity index (χ4n) is 2.86. The number of guanidine groups is 1. The summed E-state index contributed by atoms with van der Waals surface area (Å²) in [6.07, 6.45) is 0.